The summed E-state index contributed by atoms with van der Waals surface area (Å²) in [5.74, 6) is -0.889. The minimum Gasteiger partial charge on any atom is -0.462 e. The predicted molar refractivity (Wildman–Crippen MR) is 279 cm³/mol. The van der Waals surface area contributed by atoms with E-state index in [1.54, 1.807) is 0 Å². The van der Waals surface area contributed by atoms with E-state index in [0.717, 1.165) is 83.5 Å². The van der Waals surface area contributed by atoms with Crippen molar-refractivity contribution in [1.82, 2.24) is 0 Å². The second-order valence-corrected chi connectivity index (χ2v) is 18.8. The molecule has 0 aromatic carbocycles. The predicted octanol–water partition coefficient (Wildman–Crippen LogP) is 18.7. The lowest BCUT2D eigenvalue weighted by Gasteiger charge is -2.18. The summed E-state index contributed by atoms with van der Waals surface area (Å²) in [6.45, 7) is 6.54. The van der Waals surface area contributed by atoms with Gasteiger partial charge in [0.25, 0.3) is 0 Å². The molecule has 0 spiro atoms. The third-order valence-electron chi connectivity index (χ3n) is 12.3. The average Bonchev–Trinajstić information content (AvgIpc) is 3.30. The SMILES string of the molecule is CCCCC/C=C\C/C=C\CCCCCCCCCC(=O)OC(COC(=O)CCCCCCC)COC(=O)CCCCCCCCCCCCCCC/C=C\C/C=C\CCCCCCC. The molecule has 0 bridgehead atoms. The Labute approximate surface area is 403 Å². The van der Waals surface area contributed by atoms with E-state index in [2.05, 4.69) is 69.4 Å². The van der Waals surface area contributed by atoms with Gasteiger partial charge in [-0.3, -0.25) is 14.4 Å². The molecule has 0 amide bonds. The first-order chi connectivity index (χ1) is 32.0. The number of ether oxygens (including phenoxy) is 3. The molecule has 0 fully saturated rings. The molecule has 0 heterocycles. The highest BCUT2D eigenvalue weighted by molar-refractivity contribution is 5.71. The lowest BCUT2D eigenvalue weighted by molar-refractivity contribution is -0.167. The fraction of sp³-hybridized carbons (Fsp3) is 0.814. The van der Waals surface area contributed by atoms with Crippen LogP contribution >= 0.6 is 0 Å². The summed E-state index contributed by atoms with van der Waals surface area (Å²) in [5.41, 5.74) is 0. The van der Waals surface area contributed by atoms with Crippen LogP contribution < -0.4 is 0 Å². The first-order valence-electron chi connectivity index (χ1n) is 28.1. The van der Waals surface area contributed by atoms with Crippen LogP contribution in [-0.2, 0) is 28.6 Å². The number of allylic oxidation sites excluding steroid dienone is 8. The molecule has 0 aliphatic carbocycles. The summed E-state index contributed by atoms with van der Waals surface area (Å²) in [6, 6.07) is 0. The van der Waals surface area contributed by atoms with Crippen molar-refractivity contribution >= 4 is 17.9 Å². The number of carbonyl (C=O) groups is 3. The average molecular weight is 911 g/mol. The molecule has 0 saturated carbocycles. The molecule has 0 saturated heterocycles. The van der Waals surface area contributed by atoms with Crippen LogP contribution in [0.1, 0.15) is 290 Å². The number of esters is 3. The van der Waals surface area contributed by atoms with Gasteiger partial charge >= 0.3 is 17.9 Å². The van der Waals surface area contributed by atoms with Gasteiger partial charge in [0.05, 0.1) is 0 Å². The van der Waals surface area contributed by atoms with Gasteiger partial charge in [0, 0.05) is 19.3 Å². The highest BCUT2D eigenvalue weighted by Crippen LogP contribution is 2.16. The van der Waals surface area contributed by atoms with Crippen molar-refractivity contribution in [3.05, 3.63) is 48.6 Å². The van der Waals surface area contributed by atoms with Crippen molar-refractivity contribution in [3.63, 3.8) is 0 Å². The topological polar surface area (TPSA) is 78.9 Å². The smallest absolute Gasteiger partial charge is 0.306 e. The van der Waals surface area contributed by atoms with Gasteiger partial charge in [-0.15, -0.1) is 0 Å². The van der Waals surface area contributed by atoms with Gasteiger partial charge in [0.15, 0.2) is 6.10 Å². The van der Waals surface area contributed by atoms with Crippen LogP contribution in [0.25, 0.3) is 0 Å². The van der Waals surface area contributed by atoms with Crippen LogP contribution in [0.3, 0.4) is 0 Å². The van der Waals surface area contributed by atoms with Gasteiger partial charge in [-0.1, -0.05) is 236 Å². The highest BCUT2D eigenvalue weighted by atomic mass is 16.6. The molecule has 0 N–H and O–H groups in total. The molecule has 0 rings (SSSR count). The summed E-state index contributed by atoms with van der Waals surface area (Å²) in [5, 5.41) is 0. The van der Waals surface area contributed by atoms with Crippen LogP contribution in [0, 0.1) is 0 Å². The van der Waals surface area contributed by atoms with Crippen molar-refractivity contribution in [2.75, 3.05) is 13.2 Å². The number of unbranched alkanes of at least 4 members (excludes halogenated alkanes) is 32. The van der Waals surface area contributed by atoms with Crippen molar-refractivity contribution in [3.8, 4) is 0 Å². The van der Waals surface area contributed by atoms with E-state index in [1.165, 1.54) is 167 Å². The van der Waals surface area contributed by atoms with Crippen molar-refractivity contribution < 1.29 is 28.6 Å². The summed E-state index contributed by atoms with van der Waals surface area (Å²) in [7, 11) is 0. The maximum absolute atomic E-state index is 12.8. The first kappa shape index (κ1) is 62.4. The molecule has 6 heteroatoms. The largest absolute Gasteiger partial charge is 0.462 e. The number of rotatable bonds is 51. The molecule has 0 aliphatic rings. The van der Waals surface area contributed by atoms with E-state index >= 15 is 0 Å². The van der Waals surface area contributed by atoms with Gasteiger partial charge in [0.1, 0.15) is 13.2 Å². The standard InChI is InChI=1S/C59H106O6/c1-4-7-10-13-15-17-19-21-23-25-26-27-28-29-30-31-32-34-35-37-39-41-43-46-49-52-58(61)64-55-56(54-63-57(60)51-48-45-12-9-6-3)65-59(62)53-50-47-44-42-40-38-36-33-24-22-20-18-16-14-11-8-5-2/h16,18-19,21-22,24-26,56H,4-15,17,20,23,27-55H2,1-3H3/b18-16-,21-19-,24-22-,26-25-. The fourth-order valence-corrected chi connectivity index (χ4v) is 8.03. The summed E-state index contributed by atoms with van der Waals surface area (Å²) >= 11 is 0. The Bertz CT molecular complexity index is 1140. The Morgan fingerprint density at radius 2 is 0.554 bits per heavy atom. The normalized spacial score (nSPS) is 12.4. The van der Waals surface area contributed by atoms with E-state index in [1.807, 2.05) is 0 Å². The number of hydrogen-bond acceptors (Lipinski definition) is 6. The van der Waals surface area contributed by atoms with Gasteiger partial charge < -0.3 is 14.2 Å². The van der Waals surface area contributed by atoms with Crippen molar-refractivity contribution in [2.45, 2.75) is 297 Å². The minimum atomic E-state index is -0.772. The van der Waals surface area contributed by atoms with Crippen LogP contribution in [0.5, 0.6) is 0 Å². The Morgan fingerprint density at radius 3 is 0.877 bits per heavy atom. The molecule has 0 aromatic rings. The third-order valence-corrected chi connectivity index (χ3v) is 12.3. The van der Waals surface area contributed by atoms with E-state index < -0.39 is 6.10 Å². The minimum absolute atomic E-state index is 0.0753. The molecule has 65 heavy (non-hydrogen) atoms. The lowest BCUT2D eigenvalue weighted by atomic mass is 10.0. The zero-order valence-electron chi connectivity index (χ0n) is 43.3. The molecular weight excluding hydrogens is 805 g/mol. The number of carbonyl (C=O) groups excluding carboxylic acids is 3. The Kier molecular flexibility index (Phi) is 51.8. The number of hydrogen-bond donors (Lipinski definition) is 0. The zero-order chi connectivity index (χ0) is 47.2. The summed E-state index contributed by atoms with van der Waals surface area (Å²) in [4.78, 5) is 37.7. The summed E-state index contributed by atoms with van der Waals surface area (Å²) in [6.07, 6.45) is 65.7. The Hall–Kier alpha value is -2.63. The van der Waals surface area contributed by atoms with Gasteiger partial charge in [0.2, 0.25) is 0 Å². The third kappa shape index (κ3) is 52.2. The van der Waals surface area contributed by atoms with Crippen LogP contribution in [0.15, 0.2) is 48.6 Å². The van der Waals surface area contributed by atoms with Crippen LogP contribution in [0.2, 0.25) is 0 Å². The fourth-order valence-electron chi connectivity index (χ4n) is 8.03. The quantitative estimate of drug-likeness (QED) is 0.0262. The van der Waals surface area contributed by atoms with E-state index in [-0.39, 0.29) is 31.1 Å². The molecule has 378 valence electrons. The monoisotopic (exact) mass is 911 g/mol. The summed E-state index contributed by atoms with van der Waals surface area (Å²) < 4.78 is 16.7. The molecule has 0 aliphatic heterocycles. The molecular formula is C59H106O6. The lowest BCUT2D eigenvalue weighted by Crippen LogP contribution is -2.30. The second-order valence-electron chi connectivity index (χ2n) is 18.8. The van der Waals surface area contributed by atoms with E-state index in [4.69, 9.17) is 14.2 Å². The van der Waals surface area contributed by atoms with Crippen LogP contribution in [0.4, 0.5) is 0 Å². The van der Waals surface area contributed by atoms with Crippen molar-refractivity contribution in [1.29, 1.82) is 0 Å². The van der Waals surface area contributed by atoms with Gasteiger partial charge in [-0.2, -0.15) is 0 Å². The van der Waals surface area contributed by atoms with Crippen molar-refractivity contribution in [2.24, 2.45) is 0 Å². The molecule has 1 atom stereocenters. The van der Waals surface area contributed by atoms with Crippen LogP contribution in [-0.4, -0.2) is 37.2 Å². The molecule has 0 radical (unpaired) electrons. The second kappa shape index (κ2) is 54.0. The Morgan fingerprint density at radius 1 is 0.308 bits per heavy atom. The van der Waals surface area contributed by atoms with Gasteiger partial charge in [-0.05, 0) is 83.5 Å². The molecule has 0 aromatic heterocycles. The first-order valence-corrected chi connectivity index (χ1v) is 28.1. The molecule has 1 unspecified atom stereocenters. The maximum Gasteiger partial charge on any atom is 0.306 e. The molecule has 6 nitrogen and oxygen atoms in total. The highest BCUT2D eigenvalue weighted by Gasteiger charge is 2.19. The van der Waals surface area contributed by atoms with E-state index in [9.17, 15) is 14.4 Å². The maximum atomic E-state index is 12.8. The Balaban J connectivity index is 4.07. The van der Waals surface area contributed by atoms with Gasteiger partial charge in [-0.25, -0.2) is 0 Å². The zero-order valence-corrected chi connectivity index (χ0v) is 43.3. The van der Waals surface area contributed by atoms with E-state index in [0.29, 0.717) is 19.3 Å².